The Morgan fingerprint density at radius 1 is 0.460 bits per heavy atom. The normalized spacial score (nSPS) is 12.7. The lowest BCUT2D eigenvalue weighted by molar-refractivity contribution is 0.917. The van der Waals surface area contributed by atoms with Gasteiger partial charge >= 0.3 is 0 Å². The summed E-state index contributed by atoms with van der Waals surface area (Å²) in [6.45, 7) is 4.50. The van der Waals surface area contributed by atoms with Gasteiger partial charge in [0.2, 0.25) is 0 Å². The Morgan fingerprint density at radius 3 is 1.62 bits per heavy atom. The van der Waals surface area contributed by atoms with Crippen LogP contribution in [0.3, 0.4) is 0 Å². The van der Waals surface area contributed by atoms with E-state index in [0.717, 1.165) is 43.5 Å². The van der Waals surface area contributed by atoms with E-state index < -0.39 is 0 Å². The third kappa shape index (κ3) is 6.93. The Kier molecular flexibility index (Phi) is 10.1. The highest BCUT2D eigenvalue weighted by Crippen LogP contribution is 2.45. The second-order valence-corrected chi connectivity index (χ2v) is 17.0. The largest absolute Gasteiger partial charge is 0.314 e. The van der Waals surface area contributed by atoms with Gasteiger partial charge in [0.25, 0.3) is 0 Å². The predicted octanol–water partition coefficient (Wildman–Crippen LogP) is 17.0. The molecule has 0 N–H and O–H groups in total. The molecule has 0 amide bonds. The predicted molar refractivity (Wildman–Crippen MR) is 271 cm³/mol. The number of hydrogen-bond donors (Lipinski definition) is 0. The van der Waals surface area contributed by atoms with Gasteiger partial charge in [0.1, 0.15) is 0 Å². The monoisotopic (exact) mass is 810 g/mol. The topological polar surface area (TPSA) is 8.17 Å². The molecule has 2 heteroatoms. The van der Waals surface area contributed by atoms with Crippen molar-refractivity contribution in [2.45, 2.75) is 46.0 Å². The van der Waals surface area contributed by atoms with Crippen molar-refractivity contribution in [1.29, 1.82) is 0 Å². The van der Waals surface area contributed by atoms with Crippen LogP contribution in [-0.4, -0.2) is 4.57 Å². The van der Waals surface area contributed by atoms with Crippen molar-refractivity contribution < 1.29 is 0 Å². The molecular weight excluding hydrogens is 761 g/mol. The average Bonchev–Trinajstić information content (AvgIpc) is 3.67. The summed E-state index contributed by atoms with van der Waals surface area (Å²) in [5.41, 5.74) is 17.5. The van der Waals surface area contributed by atoms with Crippen molar-refractivity contribution in [2.75, 3.05) is 4.90 Å². The number of hydrogen-bond acceptors (Lipinski definition) is 1. The molecule has 0 fully saturated rings. The van der Waals surface area contributed by atoms with Gasteiger partial charge in [-0.3, -0.25) is 0 Å². The van der Waals surface area contributed by atoms with Crippen molar-refractivity contribution in [3.05, 3.63) is 223 Å². The molecule has 63 heavy (non-hydrogen) atoms. The summed E-state index contributed by atoms with van der Waals surface area (Å²) in [6.07, 6.45) is 12.0. The van der Waals surface area contributed by atoms with Gasteiger partial charge in [0.05, 0.1) is 11.0 Å². The summed E-state index contributed by atoms with van der Waals surface area (Å²) in [5, 5.41) is 7.73. The van der Waals surface area contributed by atoms with E-state index in [9.17, 15) is 0 Å². The molecule has 0 radical (unpaired) electrons. The van der Waals surface area contributed by atoms with Crippen LogP contribution in [0.5, 0.6) is 0 Å². The second kappa shape index (κ2) is 16.5. The Balaban J connectivity index is 1.00. The summed E-state index contributed by atoms with van der Waals surface area (Å²) in [5.74, 6) is 0. The van der Waals surface area contributed by atoms with Gasteiger partial charge in [-0.05, 0) is 165 Å². The average molecular weight is 811 g/mol. The molecule has 2 nitrogen and oxygen atoms in total. The molecule has 0 aliphatic heterocycles. The molecule has 1 aromatic heterocycles. The minimum atomic E-state index is 0.984. The lowest BCUT2D eigenvalue weighted by Gasteiger charge is -2.29. The first-order chi connectivity index (χ1) is 31.2. The zero-order valence-electron chi connectivity index (χ0n) is 36.1. The third-order valence-electron chi connectivity index (χ3n) is 13.1. The molecule has 9 aromatic carbocycles. The first-order valence-electron chi connectivity index (χ1n) is 22.7. The van der Waals surface area contributed by atoms with Gasteiger partial charge in [-0.1, -0.05) is 154 Å². The fourth-order valence-corrected chi connectivity index (χ4v) is 10.1. The number of anilines is 2. The maximum atomic E-state index is 2.45. The summed E-state index contributed by atoms with van der Waals surface area (Å²) in [4.78, 5) is 2.44. The maximum absolute atomic E-state index is 2.45. The molecule has 0 unspecified atom stereocenters. The summed E-state index contributed by atoms with van der Waals surface area (Å²) >= 11 is 0. The molecule has 304 valence electrons. The molecule has 0 bridgehead atoms. The van der Waals surface area contributed by atoms with Gasteiger partial charge < -0.3 is 9.47 Å². The highest BCUT2D eigenvalue weighted by atomic mass is 15.1. The van der Waals surface area contributed by atoms with E-state index in [-0.39, 0.29) is 0 Å². The minimum absolute atomic E-state index is 0.984. The van der Waals surface area contributed by atoms with Crippen molar-refractivity contribution in [1.82, 2.24) is 4.57 Å². The smallest absolute Gasteiger partial charge is 0.0541 e. The number of aryl methyl sites for hydroxylation is 2. The molecule has 1 aliphatic carbocycles. The van der Waals surface area contributed by atoms with Crippen molar-refractivity contribution >= 4 is 54.7 Å². The highest BCUT2D eigenvalue weighted by molar-refractivity contribution is 6.22. The van der Waals surface area contributed by atoms with E-state index >= 15 is 0 Å². The number of benzene rings is 9. The zero-order chi connectivity index (χ0) is 42.3. The molecule has 0 saturated heterocycles. The molecule has 0 spiro atoms. The quantitative estimate of drug-likeness (QED) is 0.125. The molecule has 0 saturated carbocycles. The molecule has 1 aliphatic rings. The number of allylic oxidation sites excluding steroid dienone is 4. The summed E-state index contributed by atoms with van der Waals surface area (Å²) < 4.78 is 2.45. The number of aromatic nitrogens is 1. The van der Waals surface area contributed by atoms with Gasteiger partial charge in [0, 0.05) is 33.5 Å². The Morgan fingerprint density at radius 2 is 1.02 bits per heavy atom. The number of fused-ring (bicyclic) bond motifs is 5. The number of nitrogens with zero attached hydrogens (tertiary/aromatic N) is 2. The lowest BCUT2D eigenvalue weighted by atomic mass is 9.85. The Bertz CT molecular complexity index is 3350. The SMILES string of the molecule is CCCc1ccc2c(c1)c1cc(CC)ccc1n2-c1ccc(N(C2=CC=CCC2)c2ccc(-c3ccc4c(-c5ccccc5)c5ccccc5c(-c5ccccc5)c4c3)cc2)cc1. The van der Waals surface area contributed by atoms with Crippen LogP contribution in [0.1, 0.15) is 44.2 Å². The summed E-state index contributed by atoms with van der Waals surface area (Å²) in [7, 11) is 0. The Hall–Kier alpha value is -7.42. The van der Waals surface area contributed by atoms with Crippen LogP contribution in [0, 0.1) is 0 Å². The number of rotatable bonds is 10. The first-order valence-corrected chi connectivity index (χ1v) is 22.7. The zero-order valence-corrected chi connectivity index (χ0v) is 36.1. The molecule has 1 heterocycles. The minimum Gasteiger partial charge on any atom is -0.314 e. The van der Waals surface area contributed by atoms with E-state index in [0.29, 0.717) is 0 Å². The van der Waals surface area contributed by atoms with E-state index in [2.05, 4.69) is 230 Å². The van der Waals surface area contributed by atoms with E-state index in [1.165, 1.54) is 99.2 Å². The standard InChI is InChI=1S/C61H50N2/c1-3-16-43-26-38-59-56(40-43)55-39-42(4-2)25-37-58(55)63(59)51-34-32-50(33-35-51)62(48-21-12-7-13-22-48)49-30-27-44(28-31-49)47-29-36-54-57(41-47)61(46-19-10-6-11-20-46)53-24-15-14-23-52(53)60(54)45-17-8-5-9-18-45/h5-12,14-15,17-21,23-41H,3-4,13,16,22H2,1-2H3. The van der Waals surface area contributed by atoms with E-state index in [1.807, 2.05) is 0 Å². The van der Waals surface area contributed by atoms with Gasteiger partial charge in [0.15, 0.2) is 0 Å². The fraction of sp³-hybridized carbons (Fsp3) is 0.115. The third-order valence-corrected chi connectivity index (χ3v) is 13.1. The van der Waals surface area contributed by atoms with Crippen molar-refractivity contribution in [3.63, 3.8) is 0 Å². The second-order valence-electron chi connectivity index (χ2n) is 17.0. The van der Waals surface area contributed by atoms with Crippen molar-refractivity contribution in [3.8, 4) is 39.1 Å². The van der Waals surface area contributed by atoms with Crippen LogP contribution >= 0.6 is 0 Å². The van der Waals surface area contributed by atoms with Crippen LogP contribution in [0.4, 0.5) is 11.4 Å². The maximum Gasteiger partial charge on any atom is 0.0541 e. The van der Waals surface area contributed by atoms with Crippen LogP contribution in [-0.2, 0) is 12.8 Å². The van der Waals surface area contributed by atoms with E-state index in [1.54, 1.807) is 0 Å². The highest BCUT2D eigenvalue weighted by Gasteiger charge is 2.20. The fourth-order valence-electron chi connectivity index (χ4n) is 10.1. The summed E-state index contributed by atoms with van der Waals surface area (Å²) in [6, 6.07) is 70.2. The lowest BCUT2D eigenvalue weighted by Crippen LogP contribution is -2.17. The van der Waals surface area contributed by atoms with Crippen LogP contribution in [0.2, 0.25) is 0 Å². The van der Waals surface area contributed by atoms with Crippen LogP contribution in [0.15, 0.2) is 212 Å². The molecule has 0 atom stereocenters. The van der Waals surface area contributed by atoms with Crippen LogP contribution < -0.4 is 4.90 Å². The van der Waals surface area contributed by atoms with Crippen molar-refractivity contribution in [2.24, 2.45) is 0 Å². The molecule has 10 aromatic rings. The van der Waals surface area contributed by atoms with Gasteiger partial charge in [-0.15, -0.1) is 0 Å². The molecule has 11 rings (SSSR count). The van der Waals surface area contributed by atoms with Gasteiger partial charge in [-0.25, -0.2) is 0 Å². The first kappa shape index (κ1) is 38.5. The molecular formula is C61H50N2. The Labute approximate surface area is 370 Å². The van der Waals surface area contributed by atoms with Crippen LogP contribution in [0.25, 0.3) is 82.4 Å². The van der Waals surface area contributed by atoms with Gasteiger partial charge in [-0.2, -0.15) is 0 Å². The van der Waals surface area contributed by atoms with E-state index in [4.69, 9.17) is 0 Å².